The van der Waals surface area contributed by atoms with E-state index in [0.717, 1.165) is 30.8 Å². The van der Waals surface area contributed by atoms with Crippen molar-refractivity contribution < 1.29 is 0 Å². The largest absolute Gasteiger partial charge is 0.310 e. The Morgan fingerprint density at radius 3 is 2.50 bits per heavy atom. The fourth-order valence-corrected chi connectivity index (χ4v) is 2.61. The Kier molecular flexibility index (Phi) is 4.90. The molecule has 0 aliphatic carbocycles. The second-order valence-electron chi connectivity index (χ2n) is 5.35. The molecule has 0 radical (unpaired) electrons. The van der Waals surface area contributed by atoms with Crippen LogP contribution >= 0.6 is 0 Å². The molecule has 4 heteroatoms. The molecule has 0 aliphatic rings. The summed E-state index contributed by atoms with van der Waals surface area (Å²) in [6.07, 6.45) is 6.15. The molecule has 0 fully saturated rings. The highest BCUT2D eigenvalue weighted by atomic mass is 15.2. The van der Waals surface area contributed by atoms with Crippen LogP contribution in [0.5, 0.6) is 0 Å². The average Bonchev–Trinajstić information content (AvgIpc) is 2.79. The van der Waals surface area contributed by atoms with Gasteiger partial charge in [0.25, 0.3) is 0 Å². The van der Waals surface area contributed by atoms with E-state index in [-0.39, 0.29) is 0 Å². The van der Waals surface area contributed by atoms with E-state index >= 15 is 0 Å². The number of pyridine rings is 1. The number of hydrogen-bond donors (Lipinski definition) is 1. The molecule has 108 valence electrons. The zero-order valence-corrected chi connectivity index (χ0v) is 12.8. The summed E-state index contributed by atoms with van der Waals surface area (Å²) in [6.45, 7) is 7.23. The maximum absolute atomic E-state index is 4.46. The quantitative estimate of drug-likeness (QED) is 0.879. The third kappa shape index (κ3) is 3.90. The van der Waals surface area contributed by atoms with Crippen molar-refractivity contribution in [2.24, 2.45) is 7.05 Å². The second-order valence-corrected chi connectivity index (χ2v) is 5.35. The number of nitrogens with zero attached hydrogens (tertiary/aromatic N) is 3. The van der Waals surface area contributed by atoms with Gasteiger partial charge in [0.1, 0.15) is 0 Å². The monoisotopic (exact) mass is 272 g/mol. The van der Waals surface area contributed by atoms with Crippen LogP contribution in [0.1, 0.15) is 41.9 Å². The van der Waals surface area contributed by atoms with Crippen LogP contribution in [-0.4, -0.2) is 21.3 Å². The minimum absolute atomic E-state index is 0.376. The van der Waals surface area contributed by atoms with Crippen LogP contribution in [0.25, 0.3) is 0 Å². The highest BCUT2D eigenvalue weighted by Gasteiger charge is 2.12. The Labute approximate surface area is 121 Å². The Hall–Kier alpha value is -1.68. The Morgan fingerprint density at radius 1 is 1.25 bits per heavy atom. The Bertz CT molecular complexity index is 539. The van der Waals surface area contributed by atoms with Crippen LogP contribution in [0.2, 0.25) is 0 Å². The summed E-state index contributed by atoms with van der Waals surface area (Å²) in [5.41, 5.74) is 4.80. The third-order valence-electron chi connectivity index (χ3n) is 3.44. The lowest BCUT2D eigenvalue weighted by molar-refractivity contribution is 0.514. The number of nitrogens with one attached hydrogen (secondary N) is 1. The maximum atomic E-state index is 4.46. The van der Waals surface area contributed by atoms with Crippen LogP contribution in [0.4, 0.5) is 0 Å². The highest BCUT2D eigenvalue weighted by Crippen LogP contribution is 2.20. The average molecular weight is 272 g/mol. The van der Waals surface area contributed by atoms with E-state index in [9.17, 15) is 0 Å². The lowest BCUT2D eigenvalue weighted by atomic mass is 9.99. The first kappa shape index (κ1) is 14.7. The predicted octanol–water partition coefficient (Wildman–Crippen LogP) is 2.72. The lowest BCUT2D eigenvalue weighted by Crippen LogP contribution is -2.22. The summed E-state index contributed by atoms with van der Waals surface area (Å²) < 4.78 is 1.86. The van der Waals surface area contributed by atoms with Crippen molar-refractivity contribution in [2.75, 3.05) is 6.54 Å². The molecule has 0 bridgehead atoms. The molecule has 2 heterocycles. The standard InChI is InChI=1S/C16H24N4/c1-5-17-16(7-6-14-10-18-20(4)11-14)15-8-12(2)19-13(3)9-15/h8-11,16-17H,5-7H2,1-4H3. The molecular weight excluding hydrogens is 248 g/mol. The number of rotatable bonds is 6. The molecule has 20 heavy (non-hydrogen) atoms. The van der Waals surface area contributed by atoms with Gasteiger partial charge in [-0.25, -0.2) is 0 Å². The van der Waals surface area contributed by atoms with Crippen LogP contribution < -0.4 is 5.32 Å². The van der Waals surface area contributed by atoms with Crippen molar-refractivity contribution in [3.8, 4) is 0 Å². The normalized spacial score (nSPS) is 12.6. The van der Waals surface area contributed by atoms with E-state index < -0.39 is 0 Å². The third-order valence-corrected chi connectivity index (χ3v) is 3.44. The van der Waals surface area contributed by atoms with E-state index in [1.807, 2.05) is 17.9 Å². The predicted molar refractivity (Wildman–Crippen MR) is 81.7 cm³/mol. The van der Waals surface area contributed by atoms with Gasteiger partial charge < -0.3 is 5.32 Å². The Balaban J connectivity index is 2.09. The molecule has 0 amide bonds. The molecule has 1 atom stereocenters. The molecule has 0 spiro atoms. The summed E-state index contributed by atoms with van der Waals surface area (Å²) >= 11 is 0. The van der Waals surface area contributed by atoms with Gasteiger partial charge in [0.05, 0.1) is 6.20 Å². The van der Waals surface area contributed by atoms with Crippen LogP contribution in [0.15, 0.2) is 24.5 Å². The van der Waals surface area contributed by atoms with E-state index in [1.165, 1.54) is 11.1 Å². The zero-order chi connectivity index (χ0) is 14.5. The topological polar surface area (TPSA) is 42.7 Å². The zero-order valence-electron chi connectivity index (χ0n) is 12.8. The van der Waals surface area contributed by atoms with Gasteiger partial charge >= 0.3 is 0 Å². The number of aryl methyl sites for hydroxylation is 4. The minimum atomic E-state index is 0.376. The first-order valence-corrected chi connectivity index (χ1v) is 7.24. The molecule has 1 unspecified atom stereocenters. The van der Waals surface area contributed by atoms with Crippen molar-refractivity contribution in [3.05, 3.63) is 47.0 Å². The van der Waals surface area contributed by atoms with E-state index in [0.29, 0.717) is 6.04 Å². The minimum Gasteiger partial charge on any atom is -0.310 e. The lowest BCUT2D eigenvalue weighted by Gasteiger charge is -2.19. The van der Waals surface area contributed by atoms with Crippen molar-refractivity contribution >= 4 is 0 Å². The second kappa shape index (κ2) is 6.66. The smallest absolute Gasteiger partial charge is 0.0521 e. The maximum Gasteiger partial charge on any atom is 0.0521 e. The van der Waals surface area contributed by atoms with Gasteiger partial charge in [-0.1, -0.05) is 6.92 Å². The van der Waals surface area contributed by atoms with Gasteiger partial charge in [-0.3, -0.25) is 9.67 Å². The van der Waals surface area contributed by atoms with Gasteiger partial charge in [0.2, 0.25) is 0 Å². The number of hydrogen-bond acceptors (Lipinski definition) is 3. The van der Waals surface area contributed by atoms with E-state index in [1.54, 1.807) is 0 Å². The van der Waals surface area contributed by atoms with Crippen molar-refractivity contribution in [2.45, 2.75) is 39.7 Å². The molecule has 4 nitrogen and oxygen atoms in total. The number of aromatic nitrogens is 3. The molecule has 0 saturated carbocycles. The van der Waals surface area contributed by atoms with Crippen molar-refractivity contribution in [1.29, 1.82) is 0 Å². The van der Waals surface area contributed by atoms with Crippen molar-refractivity contribution in [1.82, 2.24) is 20.1 Å². The van der Waals surface area contributed by atoms with Gasteiger partial charge in [-0.05, 0) is 56.5 Å². The summed E-state index contributed by atoms with van der Waals surface area (Å²) in [7, 11) is 1.96. The van der Waals surface area contributed by atoms with Crippen LogP contribution in [-0.2, 0) is 13.5 Å². The summed E-state index contributed by atoms with van der Waals surface area (Å²) in [5.74, 6) is 0. The fraction of sp³-hybridized carbons (Fsp3) is 0.500. The summed E-state index contributed by atoms with van der Waals surface area (Å²) in [5, 5.41) is 7.80. The SMILES string of the molecule is CCNC(CCc1cnn(C)c1)c1cc(C)nc(C)c1. The molecule has 0 saturated heterocycles. The molecule has 0 aliphatic heterocycles. The van der Waals surface area contributed by atoms with E-state index in [2.05, 4.69) is 54.5 Å². The molecule has 0 aromatic carbocycles. The fourth-order valence-electron chi connectivity index (χ4n) is 2.61. The molecule has 2 rings (SSSR count). The van der Waals surface area contributed by atoms with Gasteiger partial charge in [0.15, 0.2) is 0 Å². The van der Waals surface area contributed by atoms with Gasteiger partial charge in [-0.2, -0.15) is 5.10 Å². The first-order chi connectivity index (χ1) is 9.58. The van der Waals surface area contributed by atoms with E-state index in [4.69, 9.17) is 0 Å². The Morgan fingerprint density at radius 2 is 1.95 bits per heavy atom. The van der Waals surface area contributed by atoms with Gasteiger partial charge in [0, 0.05) is 30.7 Å². The molecule has 1 N–H and O–H groups in total. The molecule has 2 aromatic heterocycles. The molecular formula is C16H24N4. The first-order valence-electron chi connectivity index (χ1n) is 7.24. The summed E-state index contributed by atoms with van der Waals surface area (Å²) in [4.78, 5) is 4.46. The van der Waals surface area contributed by atoms with Crippen LogP contribution in [0, 0.1) is 13.8 Å². The van der Waals surface area contributed by atoms with Crippen LogP contribution in [0.3, 0.4) is 0 Å². The highest BCUT2D eigenvalue weighted by molar-refractivity contribution is 5.24. The molecule has 2 aromatic rings. The van der Waals surface area contributed by atoms with Crippen molar-refractivity contribution in [3.63, 3.8) is 0 Å². The van der Waals surface area contributed by atoms with Gasteiger partial charge in [-0.15, -0.1) is 0 Å². The summed E-state index contributed by atoms with van der Waals surface area (Å²) in [6, 6.07) is 4.74.